The number of methoxy groups -OCH3 is 3. The third-order valence-electron chi connectivity index (χ3n) is 5.59. The number of nitrogens with zero attached hydrogens (tertiary/aromatic N) is 1. The first kappa shape index (κ1) is 27.7. The van der Waals surface area contributed by atoms with Gasteiger partial charge in [0.25, 0.3) is 10.0 Å². The quantitative estimate of drug-likeness (QED) is 0.380. The summed E-state index contributed by atoms with van der Waals surface area (Å²) in [5.74, 6) is 1.37. The second-order valence-corrected chi connectivity index (χ2v) is 9.88. The smallest absolute Gasteiger partial charge is 0.264 e. The lowest BCUT2D eigenvalue weighted by atomic mass is 10.1. The van der Waals surface area contributed by atoms with E-state index < -0.39 is 22.5 Å². The zero-order valence-corrected chi connectivity index (χ0v) is 22.4. The van der Waals surface area contributed by atoms with Crippen LogP contribution in [0.5, 0.6) is 23.0 Å². The van der Waals surface area contributed by atoms with Crippen molar-refractivity contribution in [1.29, 1.82) is 0 Å². The largest absolute Gasteiger partial charge is 0.494 e. The van der Waals surface area contributed by atoms with Crippen molar-refractivity contribution >= 4 is 21.6 Å². The molecule has 0 radical (unpaired) electrons. The highest BCUT2D eigenvalue weighted by Crippen LogP contribution is 2.39. The standard InChI is InChI=1S/C27H32N2O7S/c1-6-36-22-12-14-23(15-13-22)37(31,32)29(21-10-7-19(2)8-11-21)18-25(30)28-17-20-9-16-24(33-3)27(35-5)26(20)34-4/h7-16H,6,17-18H2,1-5H3,(H,28,30). The van der Waals surface area contributed by atoms with Crippen molar-refractivity contribution in [2.24, 2.45) is 0 Å². The van der Waals surface area contributed by atoms with E-state index in [0.717, 1.165) is 9.87 Å². The molecule has 0 saturated carbocycles. The van der Waals surface area contributed by atoms with Crippen LogP contribution in [0.1, 0.15) is 18.1 Å². The second-order valence-electron chi connectivity index (χ2n) is 8.02. The van der Waals surface area contributed by atoms with Crippen LogP contribution in [-0.4, -0.2) is 48.8 Å². The van der Waals surface area contributed by atoms with Crippen LogP contribution in [0, 0.1) is 6.92 Å². The van der Waals surface area contributed by atoms with Gasteiger partial charge in [-0.1, -0.05) is 17.7 Å². The third kappa shape index (κ3) is 6.45. The molecule has 0 fully saturated rings. The van der Waals surface area contributed by atoms with Gasteiger partial charge in [0.15, 0.2) is 11.5 Å². The van der Waals surface area contributed by atoms with E-state index in [1.807, 2.05) is 13.8 Å². The molecule has 0 saturated heterocycles. The monoisotopic (exact) mass is 528 g/mol. The minimum absolute atomic E-state index is 0.0471. The lowest BCUT2D eigenvalue weighted by molar-refractivity contribution is -0.119. The van der Waals surface area contributed by atoms with Gasteiger partial charge in [-0.15, -0.1) is 0 Å². The summed E-state index contributed by atoms with van der Waals surface area (Å²) >= 11 is 0. The number of carbonyl (C=O) groups is 1. The minimum atomic E-state index is -4.05. The van der Waals surface area contributed by atoms with Gasteiger partial charge >= 0.3 is 0 Å². The number of hydrogen-bond acceptors (Lipinski definition) is 7. The Balaban J connectivity index is 1.86. The van der Waals surface area contributed by atoms with Crippen molar-refractivity contribution < 1.29 is 32.2 Å². The fourth-order valence-electron chi connectivity index (χ4n) is 3.71. The van der Waals surface area contributed by atoms with E-state index in [4.69, 9.17) is 18.9 Å². The van der Waals surface area contributed by atoms with E-state index in [0.29, 0.717) is 40.9 Å². The summed E-state index contributed by atoms with van der Waals surface area (Å²) in [7, 11) is 0.449. The van der Waals surface area contributed by atoms with Gasteiger partial charge in [0.2, 0.25) is 11.7 Å². The van der Waals surface area contributed by atoms with Gasteiger partial charge in [-0.05, 0) is 62.4 Å². The topological polar surface area (TPSA) is 103 Å². The van der Waals surface area contributed by atoms with Crippen LogP contribution in [0.2, 0.25) is 0 Å². The number of nitrogens with one attached hydrogen (secondary N) is 1. The maximum atomic E-state index is 13.6. The summed E-state index contributed by atoms with van der Waals surface area (Å²) in [6, 6.07) is 16.5. The van der Waals surface area contributed by atoms with Crippen LogP contribution in [0.3, 0.4) is 0 Å². The molecule has 0 atom stereocenters. The Labute approximate surface area is 218 Å². The Hall–Kier alpha value is -3.92. The van der Waals surface area contributed by atoms with Gasteiger partial charge < -0.3 is 24.3 Å². The van der Waals surface area contributed by atoms with Crippen LogP contribution in [-0.2, 0) is 21.4 Å². The maximum absolute atomic E-state index is 13.6. The van der Waals surface area contributed by atoms with Crippen LogP contribution >= 0.6 is 0 Å². The molecule has 1 N–H and O–H groups in total. The summed E-state index contributed by atoms with van der Waals surface area (Å²) in [5, 5.41) is 2.78. The van der Waals surface area contributed by atoms with Crippen LogP contribution < -0.4 is 28.6 Å². The number of aryl methyl sites for hydroxylation is 1. The molecule has 0 aliphatic heterocycles. The Morgan fingerprint density at radius 2 is 1.51 bits per heavy atom. The zero-order chi connectivity index (χ0) is 27.0. The Bertz CT molecular complexity index is 1310. The van der Waals surface area contributed by atoms with E-state index >= 15 is 0 Å². The number of rotatable bonds is 12. The zero-order valence-electron chi connectivity index (χ0n) is 21.6. The highest BCUT2D eigenvalue weighted by Gasteiger charge is 2.27. The molecule has 0 aliphatic rings. The lowest BCUT2D eigenvalue weighted by Crippen LogP contribution is -2.40. The predicted octanol–water partition coefficient (Wildman–Crippen LogP) is 3.93. The molecule has 0 heterocycles. The van der Waals surface area contributed by atoms with Crippen molar-refractivity contribution in [1.82, 2.24) is 5.32 Å². The molecule has 10 heteroatoms. The van der Waals surface area contributed by atoms with Gasteiger partial charge in [-0.2, -0.15) is 0 Å². The van der Waals surface area contributed by atoms with E-state index in [1.165, 1.54) is 33.5 Å². The molecule has 198 valence electrons. The third-order valence-corrected chi connectivity index (χ3v) is 7.38. The average Bonchev–Trinajstić information content (AvgIpc) is 2.90. The fourth-order valence-corrected chi connectivity index (χ4v) is 5.13. The van der Waals surface area contributed by atoms with Crippen molar-refractivity contribution in [2.75, 3.05) is 38.8 Å². The van der Waals surface area contributed by atoms with Gasteiger partial charge in [0.05, 0.1) is 38.5 Å². The SMILES string of the molecule is CCOc1ccc(S(=O)(=O)N(CC(=O)NCc2ccc(OC)c(OC)c2OC)c2ccc(C)cc2)cc1. The number of sulfonamides is 1. The molecular formula is C27H32N2O7S. The van der Waals surface area contributed by atoms with Crippen LogP contribution in [0.15, 0.2) is 65.6 Å². The average molecular weight is 529 g/mol. The van der Waals surface area contributed by atoms with E-state index in [2.05, 4.69) is 5.32 Å². The number of benzene rings is 3. The summed E-state index contributed by atoms with van der Waals surface area (Å²) in [4.78, 5) is 13.1. The van der Waals surface area contributed by atoms with Crippen LogP contribution in [0.25, 0.3) is 0 Å². The van der Waals surface area contributed by atoms with Crippen molar-refractivity contribution in [3.05, 3.63) is 71.8 Å². The molecule has 0 unspecified atom stereocenters. The van der Waals surface area contributed by atoms with E-state index in [9.17, 15) is 13.2 Å². The predicted molar refractivity (Wildman–Crippen MR) is 141 cm³/mol. The molecule has 0 aromatic heterocycles. The van der Waals surface area contributed by atoms with Gasteiger partial charge in [0, 0.05) is 12.1 Å². The number of hydrogen-bond donors (Lipinski definition) is 1. The molecule has 3 aromatic rings. The Kier molecular flexibility index (Phi) is 9.24. The van der Waals surface area contributed by atoms with Crippen molar-refractivity contribution in [3.63, 3.8) is 0 Å². The number of amides is 1. The first-order valence-corrected chi connectivity index (χ1v) is 13.1. The fraction of sp³-hybridized carbons (Fsp3) is 0.296. The van der Waals surface area contributed by atoms with Crippen molar-refractivity contribution in [3.8, 4) is 23.0 Å². The highest BCUT2D eigenvalue weighted by molar-refractivity contribution is 7.92. The molecule has 0 aliphatic carbocycles. The van der Waals surface area contributed by atoms with Gasteiger partial charge in [-0.25, -0.2) is 8.42 Å². The maximum Gasteiger partial charge on any atom is 0.264 e. The molecule has 0 bridgehead atoms. The van der Waals surface area contributed by atoms with Gasteiger partial charge in [-0.3, -0.25) is 9.10 Å². The second kappa shape index (κ2) is 12.4. The summed E-state index contributed by atoms with van der Waals surface area (Å²) < 4.78 is 49.9. The normalized spacial score (nSPS) is 10.9. The first-order valence-electron chi connectivity index (χ1n) is 11.6. The molecule has 3 aromatic carbocycles. The molecule has 37 heavy (non-hydrogen) atoms. The molecule has 3 rings (SSSR count). The molecule has 1 amide bonds. The van der Waals surface area contributed by atoms with Crippen molar-refractivity contribution in [2.45, 2.75) is 25.3 Å². The van der Waals surface area contributed by atoms with Crippen LogP contribution in [0.4, 0.5) is 5.69 Å². The summed E-state index contributed by atoms with van der Waals surface area (Å²) in [5.41, 5.74) is 1.98. The Morgan fingerprint density at radius 1 is 0.865 bits per heavy atom. The molecule has 9 nitrogen and oxygen atoms in total. The highest BCUT2D eigenvalue weighted by atomic mass is 32.2. The van der Waals surface area contributed by atoms with E-state index in [-0.39, 0.29) is 11.4 Å². The summed E-state index contributed by atoms with van der Waals surface area (Å²) in [6.45, 7) is 3.88. The number of anilines is 1. The minimum Gasteiger partial charge on any atom is -0.494 e. The van der Waals surface area contributed by atoms with Gasteiger partial charge in [0.1, 0.15) is 12.3 Å². The Morgan fingerprint density at radius 3 is 2.08 bits per heavy atom. The summed E-state index contributed by atoms with van der Waals surface area (Å²) in [6.07, 6.45) is 0. The first-order chi connectivity index (χ1) is 17.7. The lowest BCUT2D eigenvalue weighted by Gasteiger charge is -2.24. The molecular weight excluding hydrogens is 496 g/mol. The number of ether oxygens (including phenoxy) is 4. The molecule has 0 spiro atoms. The number of carbonyl (C=O) groups excluding carboxylic acids is 1. The van der Waals surface area contributed by atoms with E-state index in [1.54, 1.807) is 48.5 Å².